The lowest BCUT2D eigenvalue weighted by Gasteiger charge is -2.26. The molecule has 0 radical (unpaired) electrons. The quantitative estimate of drug-likeness (QED) is 0.482. The van der Waals surface area contributed by atoms with Gasteiger partial charge in [0, 0.05) is 44.3 Å². The van der Waals surface area contributed by atoms with E-state index in [0.717, 1.165) is 50.5 Å². The normalized spacial score (nSPS) is 16.2. The number of hydrogen-bond donors (Lipinski definition) is 2. The first-order valence-electron chi connectivity index (χ1n) is 11.7. The van der Waals surface area contributed by atoms with Crippen LogP contribution in [-0.2, 0) is 11.3 Å². The zero-order valence-corrected chi connectivity index (χ0v) is 19.7. The van der Waals surface area contributed by atoms with Gasteiger partial charge in [-0.3, -0.25) is 14.3 Å². The van der Waals surface area contributed by atoms with E-state index >= 15 is 0 Å². The van der Waals surface area contributed by atoms with Crippen molar-refractivity contribution in [2.75, 3.05) is 64.2 Å². The van der Waals surface area contributed by atoms with Crippen LogP contribution in [0.3, 0.4) is 0 Å². The lowest BCUT2D eigenvalue weighted by Crippen LogP contribution is -2.37. The van der Waals surface area contributed by atoms with Crippen LogP contribution in [0.1, 0.15) is 16.8 Å². The standard InChI is InChI=1S/C24H29N7O4/c1-33-21-18(35-12-2-8-30-10-13-34-14-11-30)5-4-17-20(21)28-24(31-9-7-26-22(17)31)29-23(32)16-3-6-19(25)27-15-16/h3-6,15,26H,2,7-14H2,1H3,(H2,25,27). The van der Waals surface area contributed by atoms with E-state index in [1.54, 1.807) is 19.2 Å². The number of anilines is 2. The molecule has 0 spiro atoms. The Morgan fingerprint density at radius 1 is 1.23 bits per heavy atom. The number of methoxy groups -OCH3 is 1. The van der Waals surface area contributed by atoms with Crippen molar-refractivity contribution in [2.45, 2.75) is 13.0 Å². The number of carbonyl (C=O) groups is 1. The first-order valence-corrected chi connectivity index (χ1v) is 11.7. The molecule has 3 N–H and O–H groups in total. The van der Waals surface area contributed by atoms with Crippen LogP contribution in [0.2, 0.25) is 0 Å². The highest BCUT2D eigenvalue weighted by atomic mass is 16.5. The Hall–Kier alpha value is -3.70. The maximum Gasteiger partial charge on any atom is 0.281 e. The summed E-state index contributed by atoms with van der Waals surface area (Å²) in [6.07, 6.45) is 2.30. The van der Waals surface area contributed by atoms with Crippen molar-refractivity contribution in [1.29, 1.82) is 0 Å². The SMILES string of the molecule is COc1c(OCCCN2CCOCC2)ccc2c3n(c(=NC(=O)c4ccc(N)nc4)nc12)CCN3. The molecule has 2 aliphatic rings. The maximum atomic E-state index is 12.8. The highest BCUT2D eigenvalue weighted by Gasteiger charge is 2.21. The molecule has 0 aliphatic carbocycles. The van der Waals surface area contributed by atoms with Crippen molar-refractivity contribution in [2.24, 2.45) is 4.99 Å². The van der Waals surface area contributed by atoms with Gasteiger partial charge in [0.05, 0.1) is 32.5 Å². The van der Waals surface area contributed by atoms with Gasteiger partial charge in [0.25, 0.3) is 5.91 Å². The second kappa shape index (κ2) is 10.3. The van der Waals surface area contributed by atoms with Crippen molar-refractivity contribution >= 4 is 28.4 Å². The van der Waals surface area contributed by atoms with Gasteiger partial charge in [0.1, 0.15) is 17.2 Å². The lowest BCUT2D eigenvalue weighted by atomic mass is 10.2. The van der Waals surface area contributed by atoms with E-state index in [1.165, 1.54) is 6.20 Å². The zero-order valence-electron chi connectivity index (χ0n) is 19.7. The van der Waals surface area contributed by atoms with E-state index in [4.69, 9.17) is 24.9 Å². The number of nitrogens with one attached hydrogen (secondary N) is 1. The van der Waals surface area contributed by atoms with Crippen LogP contribution in [0.25, 0.3) is 10.9 Å². The van der Waals surface area contributed by atoms with E-state index in [1.807, 2.05) is 16.7 Å². The fraction of sp³-hybridized carbons (Fsp3) is 0.417. The van der Waals surface area contributed by atoms with Crippen molar-refractivity contribution < 1.29 is 19.0 Å². The first-order chi connectivity index (χ1) is 17.1. The average molecular weight is 480 g/mol. The fourth-order valence-electron chi connectivity index (χ4n) is 4.33. The fourth-order valence-corrected chi connectivity index (χ4v) is 4.33. The van der Waals surface area contributed by atoms with Gasteiger partial charge >= 0.3 is 0 Å². The number of fused-ring (bicyclic) bond motifs is 3. The molecule has 1 saturated heterocycles. The van der Waals surface area contributed by atoms with Crippen LogP contribution in [0.4, 0.5) is 11.6 Å². The van der Waals surface area contributed by atoms with E-state index in [-0.39, 0.29) is 0 Å². The van der Waals surface area contributed by atoms with Crippen molar-refractivity contribution in [1.82, 2.24) is 19.4 Å². The Morgan fingerprint density at radius 3 is 2.86 bits per heavy atom. The van der Waals surface area contributed by atoms with Crippen LogP contribution in [0.5, 0.6) is 11.5 Å². The average Bonchev–Trinajstić information content (AvgIpc) is 3.38. The molecule has 1 fully saturated rings. The molecule has 11 heteroatoms. The van der Waals surface area contributed by atoms with Crippen LogP contribution < -0.4 is 26.1 Å². The molecule has 1 amide bonds. The van der Waals surface area contributed by atoms with Gasteiger partial charge in [-0.1, -0.05) is 0 Å². The monoisotopic (exact) mass is 479 g/mol. The minimum Gasteiger partial charge on any atom is -0.491 e. The number of morpholine rings is 1. The smallest absolute Gasteiger partial charge is 0.281 e. The topological polar surface area (TPSA) is 129 Å². The summed E-state index contributed by atoms with van der Waals surface area (Å²) >= 11 is 0. The number of ether oxygens (including phenoxy) is 3. The van der Waals surface area contributed by atoms with Crippen LogP contribution in [-0.4, -0.2) is 78.5 Å². The van der Waals surface area contributed by atoms with Crippen molar-refractivity contribution in [3.8, 4) is 11.5 Å². The van der Waals surface area contributed by atoms with Gasteiger partial charge in [-0.15, -0.1) is 0 Å². The van der Waals surface area contributed by atoms with Crippen LogP contribution in [0.15, 0.2) is 35.5 Å². The molecule has 2 aliphatic heterocycles. The second-order valence-electron chi connectivity index (χ2n) is 8.38. The molecule has 184 valence electrons. The van der Waals surface area contributed by atoms with Crippen LogP contribution >= 0.6 is 0 Å². The summed E-state index contributed by atoms with van der Waals surface area (Å²) in [5.41, 5.74) is 6.85. The summed E-state index contributed by atoms with van der Waals surface area (Å²) in [5.74, 6) is 1.86. The van der Waals surface area contributed by atoms with Crippen LogP contribution in [0, 0.1) is 0 Å². The molecule has 0 unspecified atom stereocenters. The number of pyridine rings is 1. The molecule has 0 bridgehead atoms. The predicted molar refractivity (Wildman–Crippen MR) is 131 cm³/mol. The highest BCUT2D eigenvalue weighted by Crippen LogP contribution is 2.37. The second-order valence-corrected chi connectivity index (χ2v) is 8.38. The summed E-state index contributed by atoms with van der Waals surface area (Å²) in [5, 5.41) is 4.25. The van der Waals surface area contributed by atoms with Gasteiger partial charge < -0.3 is 25.3 Å². The zero-order chi connectivity index (χ0) is 24.2. The molecular weight excluding hydrogens is 450 g/mol. The van der Waals surface area contributed by atoms with E-state index in [2.05, 4.69) is 20.2 Å². The summed E-state index contributed by atoms with van der Waals surface area (Å²) in [7, 11) is 1.59. The third kappa shape index (κ3) is 4.91. The Kier molecular flexibility index (Phi) is 6.77. The lowest BCUT2D eigenvalue weighted by molar-refractivity contribution is 0.0357. The molecule has 0 atom stereocenters. The van der Waals surface area contributed by atoms with Crippen molar-refractivity contribution in [3.63, 3.8) is 0 Å². The molecule has 1 aromatic carbocycles. The third-order valence-electron chi connectivity index (χ3n) is 6.12. The number of nitrogen functional groups attached to an aromatic ring is 1. The van der Waals surface area contributed by atoms with E-state index in [0.29, 0.717) is 53.7 Å². The Labute approximate surface area is 202 Å². The summed E-state index contributed by atoms with van der Waals surface area (Å²) in [6, 6.07) is 7.03. The molecule has 3 aromatic rings. The largest absolute Gasteiger partial charge is 0.491 e. The minimum absolute atomic E-state index is 0.294. The molecule has 0 saturated carbocycles. The molecule has 4 heterocycles. The number of rotatable bonds is 7. The molecule has 2 aromatic heterocycles. The molecule has 5 rings (SSSR count). The van der Waals surface area contributed by atoms with Crippen molar-refractivity contribution in [3.05, 3.63) is 41.6 Å². The maximum absolute atomic E-state index is 12.8. The van der Waals surface area contributed by atoms with E-state index in [9.17, 15) is 4.79 Å². The predicted octanol–water partition coefficient (Wildman–Crippen LogP) is 1.29. The number of carbonyl (C=O) groups excluding carboxylic acids is 1. The van der Waals surface area contributed by atoms with Gasteiger partial charge in [0.2, 0.25) is 5.62 Å². The van der Waals surface area contributed by atoms with Gasteiger partial charge in [0.15, 0.2) is 11.5 Å². The minimum atomic E-state index is -0.444. The highest BCUT2D eigenvalue weighted by molar-refractivity contribution is 5.96. The Morgan fingerprint density at radius 2 is 2.09 bits per heavy atom. The number of hydrogen-bond acceptors (Lipinski definition) is 9. The Balaban J connectivity index is 1.44. The third-order valence-corrected chi connectivity index (χ3v) is 6.12. The van der Waals surface area contributed by atoms with Gasteiger partial charge in [-0.2, -0.15) is 4.99 Å². The van der Waals surface area contributed by atoms with Gasteiger partial charge in [-0.05, 0) is 30.7 Å². The van der Waals surface area contributed by atoms with Gasteiger partial charge in [-0.25, -0.2) is 9.97 Å². The molecule has 11 nitrogen and oxygen atoms in total. The first kappa shape index (κ1) is 23.1. The molecular formula is C24H29N7O4. The summed E-state index contributed by atoms with van der Waals surface area (Å²) in [6.45, 7) is 6.34. The van der Waals surface area contributed by atoms with E-state index < -0.39 is 5.91 Å². The number of nitrogens with two attached hydrogens (primary N) is 1. The number of aromatic nitrogens is 3. The summed E-state index contributed by atoms with van der Waals surface area (Å²) < 4.78 is 19.1. The molecule has 35 heavy (non-hydrogen) atoms. The summed E-state index contributed by atoms with van der Waals surface area (Å²) in [4.78, 5) is 28.2. The number of nitrogens with zero attached hydrogens (tertiary/aromatic N) is 5. The number of amides is 1. The Bertz CT molecular complexity index is 1280. The number of benzene rings is 1.